The van der Waals surface area contributed by atoms with Gasteiger partial charge in [0.25, 0.3) is 0 Å². The number of carbonyl (C=O) groups is 1. The second-order valence-electron chi connectivity index (χ2n) is 7.62. The van der Waals surface area contributed by atoms with E-state index >= 15 is 0 Å². The van der Waals surface area contributed by atoms with Crippen molar-refractivity contribution in [1.29, 1.82) is 0 Å². The topological polar surface area (TPSA) is 35.6 Å². The maximum absolute atomic E-state index is 12.6. The van der Waals surface area contributed by atoms with Crippen LogP contribution in [0.5, 0.6) is 0 Å². The van der Waals surface area contributed by atoms with Gasteiger partial charge in [-0.05, 0) is 50.6 Å². The minimum atomic E-state index is 0.400. The van der Waals surface area contributed by atoms with Crippen molar-refractivity contribution in [2.24, 2.45) is 11.8 Å². The van der Waals surface area contributed by atoms with Crippen LogP contribution in [-0.2, 0) is 4.79 Å². The summed E-state index contributed by atoms with van der Waals surface area (Å²) in [7, 11) is 0. The molecule has 2 saturated heterocycles. The molecule has 1 aliphatic carbocycles. The number of piperazine rings is 1. The average Bonchev–Trinajstić information content (AvgIpc) is 3.10. The first-order valence-electron chi connectivity index (χ1n) is 9.46. The Bertz CT molecular complexity index is 353. The fraction of sp³-hybridized carbons (Fsp3) is 0.944. The van der Waals surface area contributed by atoms with Crippen molar-refractivity contribution < 1.29 is 4.79 Å². The Morgan fingerprint density at radius 3 is 2.32 bits per heavy atom. The minimum Gasteiger partial charge on any atom is -0.340 e. The third-order valence-electron chi connectivity index (χ3n) is 6.19. The van der Waals surface area contributed by atoms with Gasteiger partial charge in [-0.1, -0.05) is 19.8 Å². The zero-order valence-electron chi connectivity index (χ0n) is 14.2. The van der Waals surface area contributed by atoms with Crippen molar-refractivity contribution in [1.82, 2.24) is 15.1 Å². The van der Waals surface area contributed by atoms with Gasteiger partial charge in [0, 0.05) is 38.6 Å². The lowest BCUT2D eigenvalue weighted by Crippen LogP contribution is -2.51. The van der Waals surface area contributed by atoms with Crippen LogP contribution >= 0.6 is 0 Å². The largest absolute Gasteiger partial charge is 0.340 e. The van der Waals surface area contributed by atoms with Crippen LogP contribution in [0.1, 0.15) is 51.9 Å². The highest BCUT2D eigenvalue weighted by Crippen LogP contribution is 2.26. The molecule has 2 heterocycles. The first-order valence-corrected chi connectivity index (χ1v) is 9.46. The Balaban J connectivity index is 1.41. The molecule has 4 heteroatoms. The van der Waals surface area contributed by atoms with E-state index in [2.05, 4.69) is 22.0 Å². The van der Waals surface area contributed by atoms with Crippen LogP contribution in [0.25, 0.3) is 0 Å². The molecule has 0 spiro atoms. The molecule has 1 amide bonds. The molecule has 0 aromatic rings. The molecule has 3 rings (SSSR count). The van der Waals surface area contributed by atoms with Crippen molar-refractivity contribution in [2.75, 3.05) is 39.3 Å². The predicted octanol–water partition coefficient (Wildman–Crippen LogP) is 2.10. The normalized spacial score (nSPS) is 27.2. The Hall–Kier alpha value is -0.610. The molecule has 0 bridgehead atoms. The first-order chi connectivity index (χ1) is 10.7. The lowest BCUT2D eigenvalue weighted by molar-refractivity contribution is -0.134. The van der Waals surface area contributed by atoms with Crippen molar-refractivity contribution in [2.45, 2.75) is 57.9 Å². The van der Waals surface area contributed by atoms with Gasteiger partial charge in [0.1, 0.15) is 0 Å². The summed E-state index contributed by atoms with van der Waals surface area (Å²) in [4.78, 5) is 17.3. The van der Waals surface area contributed by atoms with Gasteiger partial charge >= 0.3 is 0 Å². The van der Waals surface area contributed by atoms with Crippen LogP contribution in [-0.4, -0.2) is 61.0 Å². The Morgan fingerprint density at radius 2 is 1.68 bits per heavy atom. The number of hydrogen-bond donors (Lipinski definition) is 1. The van der Waals surface area contributed by atoms with E-state index in [4.69, 9.17) is 0 Å². The predicted molar refractivity (Wildman–Crippen MR) is 89.8 cm³/mol. The molecule has 0 radical (unpaired) electrons. The lowest BCUT2D eigenvalue weighted by atomic mass is 9.84. The highest BCUT2D eigenvalue weighted by Gasteiger charge is 2.29. The second kappa shape index (κ2) is 7.78. The van der Waals surface area contributed by atoms with Gasteiger partial charge in [0.05, 0.1) is 0 Å². The highest BCUT2D eigenvalue weighted by molar-refractivity contribution is 5.76. The van der Waals surface area contributed by atoms with E-state index in [1.807, 2.05) is 0 Å². The number of hydrogen-bond acceptors (Lipinski definition) is 3. The molecule has 1 atom stereocenters. The van der Waals surface area contributed by atoms with Gasteiger partial charge in [-0.3, -0.25) is 9.69 Å². The summed E-state index contributed by atoms with van der Waals surface area (Å²) in [6.45, 7) is 8.63. The summed E-state index contributed by atoms with van der Waals surface area (Å²) in [5, 5.41) is 3.42. The molecule has 22 heavy (non-hydrogen) atoms. The molecule has 3 fully saturated rings. The first kappa shape index (κ1) is 16.3. The summed E-state index contributed by atoms with van der Waals surface area (Å²) in [5.41, 5.74) is 0. The monoisotopic (exact) mass is 307 g/mol. The zero-order chi connectivity index (χ0) is 15.4. The number of nitrogens with one attached hydrogen (secondary N) is 1. The van der Waals surface area contributed by atoms with Crippen molar-refractivity contribution in [3.05, 3.63) is 0 Å². The van der Waals surface area contributed by atoms with Gasteiger partial charge in [-0.2, -0.15) is 0 Å². The minimum absolute atomic E-state index is 0.400. The van der Waals surface area contributed by atoms with E-state index < -0.39 is 0 Å². The van der Waals surface area contributed by atoms with E-state index in [-0.39, 0.29) is 0 Å². The fourth-order valence-electron chi connectivity index (χ4n) is 4.59. The number of piperidine rings is 1. The quantitative estimate of drug-likeness (QED) is 0.864. The SMILES string of the molecule is CC(CC(=O)N1CCN(C2CCCC2)CC1)C1CCNCC1. The molecule has 3 aliphatic rings. The summed E-state index contributed by atoms with van der Waals surface area (Å²) < 4.78 is 0. The second-order valence-corrected chi connectivity index (χ2v) is 7.62. The number of rotatable bonds is 4. The standard InChI is InChI=1S/C18H33N3O/c1-15(16-6-8-19-9-7-16)14-18(22)21-12-10-20(11-13-21)17-4-2-3-5-17/h15-17,19H,2-14H2,1H3. The summed E-state index contributed by atoms with van der Waals surface area (Å²) in [5.74, 6) is 1.68. The third kappa shape index (κ3) is 4.02. The molecule has 0 aromatic heterocycles. The van der Waals surface area contributed by atoms with Gasteiger partial charge in [0.2, 0.25) is 5.91 Å². The molecule has 1 N–H and O–H groups in total. The summed E-state index contributed by atoms with van der Waals surface area (Å²) in [6, 6.07) is 0.811. The molecule has 126 valence electrons. The lowest BCUT2D eigenvalue weighted by Gasteiger charge is -2.39. The molecule has 1 unspecified atom stereocenters. The third-order valence-corrected chi connectivity index (χ3v) is 6.19. The number of nitrogens with zero attached hydrogens (tertiary/aromatic N) is 2. The zero-order valence-corrected chi connectivity index (χ0v) is 14.2. The summed E-state index contributed by atoms with van der Waals surface area (Å²) >= 11 is 0. The molecule has 4 nitrogen and oxygen atoms in total. The van der Waals surface area contributed by atoms with Gasteiger partial charge in [-0.15, -0.1) is 0 Å². The molecule has 1 saturated carbocycles. The summed E-state index contributed by atoms with van der Waals surface area (Å²) in [6.07, 6.45) is 8.79. The van der Waals surface area contributed by atoms with Crippen LogP contribution in [0.4, 0.5) is 0 Å². The number of amides is 1. The van der Waals surface area contributed by atoms with Gasteiger partial charge < -0.3 is 10.2 Å². The van der Waals surface area contributed by atoms with Crippen LogP contribution in [0, 0.1) is 11.8 Å². The van der Waals surface area contributed by atoms with E-state index in [1.54, 1.807) is 0 Å². The molecule has 0 aromatic carbocycles. The van der Waals surface area contributed by atoms with E-state index in [0.29, 0.717) is 11.8 Å². The Morgan fingerprint density at radius 1 is 1.05 bits per heavy atom. The van der Waals surface area contributed by atoms with Crippen LogP contribution in [0.2, 0.25) is 0 Å². The number of carbonyl (C=O) groups excluding carboxylic acids is 1. The Kier molecular flexibility index (Phi) is 5.75. The van der Waals surface area contributed by atoms with Crippen LogP contribution in [0.15, 0.2) is 0 Å². The fourth-order valence-corrected chi connectivity index (χ4v) is 4.59. The molecular formula is C18H33N3O. The van der Waals surface area contributed by atoms with Crippen molar-refractivity contribution in [3.8, 4) is 0 Å². The van der Waals surface area contributed by atoms with Gasteiger partial charge in [-0.25, -0.2) is 0 Å². The van der Waals surface area contributed by atoms with Gasteiger partial charge in [0.15, 0.2) is 0 Å². The molecule has 2 aliphatic heterocycles. The van der Waals surface area contributed by atoms with E-state index in [1.165, 1.54) is 38.5 Å². The van der Waals surface area contributed by atoms with Crippen LogP contribution in [0.3, 0.4) is 0 Å². The van der Waals surface area contributed by atoms with E-state index in [0.717, 1.165) is 57.6 Å². The smallest absolute Gasteiger partial charge is 0.222 e. The Labute approximate surface area is 135 Å². The van der Waals surface area contributed by atoms with Crippen molar-refractivity contribution >= 4 is 5.91 Å². The molecular weight excluding hydrogens is 274 g/mol. The maximum Gasteiger partial charge on any atom is 0.222 e. The van der Waals surface area contributed by atoms with Crippen molar-refractivity contribution in [3.63, 3.8) is 0 Å². The highest BCUT2D eigenvalue weighted by atomic mass is 16.2. The van der Waals surface area contributed by atoms with Crippen LogP contribution < -0.4 is 5.32 Å². The average molecular weight is 307 g/mol. The van der Waals surface area contributed by atoms with E-state index in [9.17, 15) is 4.79 Å². The maximum atomic E-state index is 12.6.